The van der Waals surface area contributed by atoms with E-state index in [1.54, 1.807) is 0 Å². The second kappa shape index (κ2) is 7.19. The minimum Gasteiger partial charge on any atom is -0.322 e. The highest BCUT2D eigenvalue weighted by atomic mass is 35.5. The van der Waals surface area contributed by atoms with Crippen molar-refractivity contribution in [2.75, 3.05) is 13.2 Å². The highest BCUT2D eigenvalue weighted by Crippen LogP contribution is 2.63. The van der Waals surface area contributed by atoms with Crippen LogP contribution in [0.1, 0.15) is 13.8 Å². The van der Waals surface area contributed by atoms with E-state index in [1.807, 2.05) is 13.8 Å². The first-order chi connectivity index (χ1) is 7.99. The lowest BCUT2D eigenvalue weighted by Gasteiger charge is -2.18. The molecule has 1 aromatic rings. The minimum atomic E-state index is -2.50. The summed E-state index contributed by atoms with van der Waals surface area (Å²) in [6, 6.07) is 0. The predicted molar refractivity (Wildman–Crippen MR) is 73.2 cm³/mol. The molecule has 0 aliphatic carbocycles. The Morgan fingerprint density at radius 2 is 1.59 bits per heavy atom. The second-order valence-electron chi connectivity index (χ2n) is 2.53. The van der Waals surface area contributed by atoms with Gasteiger partial charge in [0.05, 0.1) is 13.2 Å². The number of nitrogens with zero attached hydrogens (tertiary/aromatic N) is 3. The Kier molecular flexibility index (Phi) is 6.58. The van der Waals surface area contributed by atoms with Crippen LogP contribution in [-0.4, -0.2) is 28.2 Å². The molecule has 0 radical (unpaired) electrons. The van der Waals surface area contributed by atoms with Crippen LogP contribution in [-0.2, 0) is 20.9 Å². The number of rotatable bonds is 6. The van der Waals surface area contributed by atoms with Gasteiger partial charge in [0.25, 0.3) is 5.69 Å². The quantitative estimate of drug-likeness (QED) is 0.737. The van der Waals surface area contributed by atoms with E-state index >= 15 is 0 Å². The van der Waals surface area contributed by atoms with Crippen molar-refractivity contribution in [3.63, 3.8) is 0 Å². The number of aromatic nitrogens is 3. The smallest absolute Gasteiger partial charge is 0.255 e. The minimum absolute atomic E-state index is 0.0158. The van der Waals surface area contributed by atoms with E-state index in [0.717, 1.165) is 11.4 Å². The molecule has 0 fully saturated rings. The van der Waals surface area contributed by atoms with Gasteiger partial charge in [-0.1, -0.05) is 0 Å². The largest absolute Gasteiger partial charge is 0.322 e. The SMILES string of the molecule is CCOP(=S)(OCC)Sc1nc(Cl)nc(Cl)n1. The number of halogens is 2. The molecule has 0 saturated carbocycles. The Morgan fingerprint density at radius 1 is 1.12 bits per heavy atom. The zero-order valence-corrected chi connectivity index (χ0v) is 13.1. The van der Waals surface area contributed by atoms with Crippen molar-refractivity contribution in [1.82, 2.24) is 15.0 Å². The second-order valence-corrected chi connectivity index (χ2v) is 9.29. The molecule has 0 aliphatic rings. The van der Waals surface area contributed by atoms with Crippen LogP contribution in [0, 0.1) is 0 Å². The molecule has 0 unspecified atom stereocenters. The summed E-state index contributed by atoms with van der Waals surface area (Å²) in [7, 11) is 0. The summed E-state index contributed by atoms with van der Waals surface area (Å²) in [6.45, 7) is 4.59. The summed E-state index contributed by atoms with van der Waals surface area (Å²) < 4.78 is 10.9. The molecule has 0 aromatic carbocycles. The van der Waals surface area contributed by atoms with Crippen molar-refractivity contribution in [1.29, 1.82) is 0 Å². The summed E-state index contributed by atoms with van der Waals surface area (Å²) in [5, 5.41) is 0.337. The van der Waals surface area contributed by atoms with Gasteiger partial charge in [0, 0.05) is 11.4 Å². The average molecular weight is 334 g/mol. The highest BCUT2D eigenvalue weighted by molar-refractivity contribution is 8.67. The van der Waals surface area contributed by atoms with Crippen LogP contribution in [0.3, 0.4) is 0 Å². The first-order valence-corrected chi connectivity index (χ1v) is 9.46. The lowest BCUT2D eigenvalue weighted by molar-refractivity contribution is 0.280. The lowest BCUT2D eigenvalue weighted by atomic mass is 10.9. The van der Waals surface area contributed by atoms with Gasteiger partial charge in [0.15, 0.2) is 0 Å². The first-order valence-electron chi connectivity index (χ1n) is 4.65. The van der Waals surface area contributed by atoms with Crippen LogP contribution in [0.15, 0.2) is 5.16 Å². The summed E-state index contributed by atoms with van der Waals surface area (Å²) in [6.07, 6.45) is 0. The molecular formula is C7H10Cl2N3O2PS2. The molecule has 0 aliphatic heterocycles. The standard InChI is InChI=1S/C7H10Cl2N3O2PS2/c1-3-13-15(16,14-4-2)17-7-11-5(8)10-6(9)12-7/h3-4H2,1-2H3. The number of hydrogen-bond acceptors (Lipinski definition) is 7. The van der Waals surface area contributed by atoms with E-state index in [1.165, 1.54) is 0 Å². The monoisotopic (exact) mass is 333 g/mol. The fraction of sp³-hybridized carbons (Fsp3) is 0.571. The fourth-order valence-corrected chi connectivity index (χ4v) is 5.61. The molecule has 10 heteroatoms. The van der Waals surface area contributed by atoms with Gasteiger partial charge in [-0.2, -0.15) is 15.0 Å². The van der Waals surface area contributed by atoms with E-state index in [4.69, 9.17) is 44.1 Å². The molecule has 0 atom stereocenters. The van der Waals surface area contributed by atoms with Crippen molar-refractivity contribution in [3.8, 4) is 0 Å². The van der Waals surface area contributed by atoms with Gasteiger partial charge in [-0.25, -0.2) is 0 Å². The maximum absolute atomic E-state index is 5.67. The fourth-order valence-electron chi connectivity index (χ4n) is 0.856. The molecule has 0 bridgehead atoms. The van der Waals surface area contributed by atoms with Gasteiger partial charge < -0.3 is 9.05 Å². The molecule has 0 spiro atoms. The summed E-state index contributed by atoms with van der Waals surface area (Å²) in [5.41, 5.74) is -2.50. The third kappa shape index (κ3) is 5.34. The van der Waals surface area contributed by atoms with Gasteiger partial charge in [0.1, 0.15) is 0 Å². The average Bonchev–Trinajstić information content (AvgIpc) is 2.15. The van der Waals surface area contributed by atoms with Crippen LogP contribution in [0.2, 0.25) is 10.6 Å². The van der Waals surface area contributed by atoms with Crippen LogP contribution >= 0.6 is 40.3 Å². The molecule has 17 heavy (non-hydrogen) atoms. The van der Waals surface area contributed by atoms with Crippen molar-refractivity contribution >= 4 is 52.1 Å². The highest BCUT2D eigenvalue weighted by Gasteiger charge is 2.22. The zero-order valence-electron chi connectivity index (χ0n) is 9.09. The Bertz CT molecular complexity index is 407. The van der Waals surface area contributed by atoms with E-state index in [-0.39, 0.29) is 10.6 Å². The molecule has 1 rings (SSSR count). The summed E-state index contributed by atoms with van der Waals surface area (Å²) >= 11 is 17.8. The maximum atomic E-state index is 5.67. The summed E-state index contributed by atoms with van der Waals surface area (Å²) in [5.74, 6) is 0. The van der Waals surface area contributed by atoms with Gasteiger partial charge in [0.2, 0.25) is 15.7 Å². The summed E-state index contributed by atoms with van der Waals surface area (Å²) in [4.78, 5) is 11.5. The van der Waals surface area contributed by atoms with E-state index in [0.29, 0.717) is 18.4 Å². The molecule has 96 valence electrons. The lowest BCUT2D eigenvalue weighted by Crippen LogP contribution is -1.96. The van der Waals surface area contributed by atoms with Gasteiger partial charge in [-0.3, -0.25) is 0 Å². The van der Waals surface area contributed by atoms with Crippen molar-refractivity contribution in [2.45, 2.75) is 19.0 Å². The van der Waals surface area contributed by atoms with Gasteiger partial charge in [-0.15, -0.1) is 0 Å². The van der Waals surface area contributed by atoms with E-state index < -0.39 is 5.69 Å². The van der Waals surface area contributed by atoms with Crippen molar-refractivity contribution in [3.05, 3.63) is 10.6 Å². The van der Waals surface area contributed by atoms with Gasteiger partial charge in [-0.05, 0) is 48.9 Å². The molecular weight excluding hydrogens is 324 g/mol. The molecule has 0 N–H and O–H groups in total. The Balaban J connectivity index is 2.89. The first kappa shape index (κ1) is 15.6. The molecule has 1 aromatic heterocycles. The van der Waals surface area contributed by atoms with E-state index in [2.05, 4.69) is 15.0 Å². The maximum Gasteiger partial charge on any atom is 0.255 e. The van der Waals surface area contributed by atoms with Gasteiger partial charge >= 0.3 is 0 Å². The molecule has 0 amide bonds. The van der Waals surface area contributed by atoms with Crippen LogP contribution in [0.4, 0.5) is 0 Å². The van der Waals surface area contributed by atoms with Crippen molar-refractivity contribution < 1.29 is 9.05 Å². The van der Waals surface area contributed by atoms with Crippen LogP contribution in [0.5, 0.6) is 0 Å². The molecule has 5 nitrogen and oxygen atoms in total. The Morgan fingerprint density at radius 3 is 2.00 bits per heavy atom. The Hall–Kier alpha value is 0.510. The molecule has 0 saturated heterocycles. The molecule has 1 heterocycles. The van der Waals surface area contributed by atoms with Crippen LogP contribution in [0.25, 0.3) is 0 Å². The van der Waals surface area contributed by atoms with Crippen LogP contribution < -0.4 is 0 Å². The third-order valence-electron chi connectivity index (χ3n) is 1.33. The third-order valence-corrected chi connectivity index (χ3v) is 6.48. The Labute approximate surface area is 119 Å². The normalized spacial score (nSPS) is 11.8. The predicted octanol–water partition coefficient (Wildman–Crippen LogP) is 3.57. The van der Waals surface area contributed by atoms with E-state index in [9.17, 15) is 0 Å². The zero-order chi connectivity index (χ0) is 12.9. The van der Waals surface area contributed by atoms with Crippen molar-refractivity contribution in [2.24, 2.45) is 0 Å². The topological polar surface area (TPSA) is 57.1 Å². The number of hydrogen-bond donors (Lipinski definition) is 0.